The van der Waals surface area contributed by atoms with Crippen molar-refractivity contribution in [3.05, 3.63) is 72.3 Å². The van der Waals surface area contributed by atoms with E-state index in [0.29, 0.717) is 0 Å². The Morgan fingerprint density at radius 3 is 2.42 bits per heavy atom. The van der Waals surface area contributed by atoms with Gasteiger partial charge in [0.05, 0.1) is 0 Å². The van der Waals surface area contributed by atoms with Gasteiger partial charge in [0.15, 0.2) is 0 Å². The highest BCUT2D eigenvalue weighted by Gasteiger charge is 2.00. The SMILES string of the molecule is C=CCN(C)Cc1ccc(-c2cccc(C)c2)cc1. The van der Waals surface area contributed by atoms with Gasteiger partial charge in [0.25, 0.3) is 0 Å². The van der Waals surface area contributed by atoms with Crippen LogP contribution >= 0.6 is 0 Å². The largest absolute Gasteiger partial charge is 0.298 e. The Balaban J connectivity index is 2.12. The van der Waals surface area contributed by atoms with Crippen LogP contribution in [0.1, 0.15) is 11.1 Å². The van der Waals surface area contributed by atoms with Gasteiger partial charge >= 0.3 is 0 Å². The van der Waals surface area contributed by atoms with Crippen LogP contribution < -0.4 is 0 Å². The van der Waals surface area contributed by atoms with Crippen LogP contribution in [0.4, 0.5) is 0 Å². The minimum Gasteiger partial charge on any atom is -0.298 e. The molecule has 0 amide bonds. The van der Waals surface area contributed by atoms with E-state index in [1.807, 2.05) is 6.08 Å². The molecule has 0 aliphatic carbocycles. The van der Waals surface area contributed by atoms with Crippen LogP contribution in [0.2, 0.25) is 0 Å². The average Bonchev–Trinajstić information content (AvgIpc) is 2.40. The van der Waals surface area contributed by atoms with Gasteiger partial charge in [0.1, 0.15) is 0 Å². The van der Waals surface area contributed by atoms with Crippen LogP contribution in [0.3, 0.4) is 0 Å². The molecule has 2 aromatic carbocycles. The molecule has 0 fully saturated rings. The number of benzene rings is 2. The number of hydrogen-bond donors (Lipinski definition) is 0. The van der Waals surface area contributed by atoms with Crippen molar-refractivity contribution < 1.29 is 0 Å². The molecule has 0 spiro atoms. The first-order valence-corrected chi connectivity index (χ1v) is 6.64. The van der Waals surface area contributed by atoms with E-state index < -0.39 is 0 Å². The molecule has 2 rings (SSSR count). The van der Waals surface area contributed by atoms with Crippen molar-refractivity contribution in [2.24, 2.45) is 0 Å². The van der Waals surface area contributed by atoms with Gasteiger partial charge in [-0.25, -0.2) is 0 Å². The Hall–Kier alpha value is -1.86. The molecule has 0 aromatic heterocycles. The Kier molecular flexibility index (Phi) is 4.53. The number of aryl methyl sites for hydroxylation is 1. The summed E-state index contributed by atoms with van der Waals surface area (Å²) >= 11 is 0. The van der Waals surface area contributed by atoms with E-state index in [1.54, 1.807) is 0 Å². The zero-order valence-corrected chi connectivity index (χ0v) is 11.8. The van der Waals surface area contributed by atoms with Crippen molar-refractivity contribution in [3.63, 3.8) is 0 Å². The number of nitrogens with zero attached hydrogens (tertiary/aromatic N) is 1. The summed E-state index contributed by atoms with van der Waals surface area (Å²) < 4.78 is 0. The van der Waals surface area contributed by atoms with E-state index in [4.69, 9.17) is 0 Å². The normalized spacial score (nSPS) is 10.7. The first-order chi connectivity index (χ1) is 9.19. The molecular formula is C18H21N. The van der Waals surface area contributed by atoms with Crippen molar-refractivity contribution >= 4 is 0 Å². The van der Waals surface area contributed by atoms with Crippen LogP contribution in [-0.4, -0.2) is 18.5 Å². The van der Waals surface area contributed by atoms with Crippen LogP contribution in [0.25, 0.3) is 11.1 Å². The molecular weight excluding hydrogens is 230 g/mol. The van der Waals surface area contributed by atoms with Crippen LogP contribution in [0.15, 0.2) is 61.2 Å². The average molecular weight is 251 g/mol. The highest BCUT2D eigenvalue weighted by molar-refractivity contribution is 5.64. The molecule has 0 radical (unpaired) electrons. The lowest BCUT2D eigenvalue weighted by Gasteiger charge is -2.14. The zero-order valence-electron chi connectivity index (χ0n) is 11.8. The number of rotatable bonds is 5. The second-order valence-corrected chi connectivity index (χ2v) is 5.05. The molecule has 0 unspecified atom stereocenters. The lowest BCUT2D eigenvalue weighted by Crippen LogP contribution is -2.17. The fourth-order valence-corrected chi connectivity index (χ4v) is 2.22. The number of hydrogen-bond acceptors (Lipinski definition) is 1. The summed E-state index contributed by atoms with van der Waals surface area (Å²) in [7, 11) is 2.11. The molecule has 1 heteroatoms. The minimum atomic E-state index is 0.916. The van der Waals surface area contributed by atoms with Gasteiger partial charge in [-0.15, -0.1) is 6.58 Å². The first-order valence-electron chi connectivity index (χ1n) is 6.64. The molecule has 2 aromatic rings. The van der Waals surface area contributed by atoms with Gasteiger partial charge in [-0.3, -0.25) is 4.90 Å². The monoisotopic (exact) mass is 251 g/mol. The van der Waals surface area contributed by atoms with Gasteiger partial charge in [-0.05, 0) is 30.7 Å². The van der Waals surface area contributed by atoms with Crippen molar-refractivity contribution in [1.29, 1.82) is 0 Å². The summed E-state index contributed by atoms with van der Waals surface area (Å²) in [5, 5.41) is 0. The Morgan fingerprint density at radius 2 is 1.79 bits per heavy atom. The van der Waals surface area contributed by atoms with E-state index in [1.165, 1.54) is 22.3 Å². The Labute approximate surface area is 116 Å². The summed E-state index contributed by atoms with van der Waals surface area (Å²) in [6.45, 7) is 7.76. The lowest BCUT2D eigenvalue weighted by molar-refractivity contribution is 0.364. The molecule has 0 saturated heterocycles. The third-order valence-corrected chi connectivity index (χ3v) is 3.20. The first kappa shape index (κ1) is 13.6. The van der Waals surface area contributed by atoms with E-state index in [0.717, 1.165) is 13.1 Å². The second-order valence-electron chi connectivity index (χ2n) is 5.05. The summed E-state index contributed by atoms with van der Waals surface area (Å²) in [6, 6.07) is 17.4. The van der Waals surface area contributed by atoms with Crippen molar-refractivity contribution in [1.82, 2.24) is 4.90 Å². The molecule has 0 aliphatic rings. The fourth-order valence-electron chi connectivity index (χ4n) is 2.22. The van der Waals surface area contributed by atoms with Crippen LogP contribution in [0, 0.1) is 6.92 Å². The molecule has 0 heterocycles. The van der Waals surface area contributed by atoms with Crippen molar-refractivity contribution in [3.8, 4) is 11.1 Å². The molecule has 19 heavy (non-hydrogen) atoms. The van der Waals surface area contributed by atoms with Gasteiger partial charge in [0.2, 0.25) is 0 Å². The Bertz CT molecular complexity index is 540. The molecule has 0 N–H and O–H groups in total. The van der Waals surface area contributed by atoms with E-state index in [2.05, 4.69) is 74.0 Å². The maximum atomic E-state index is 3.76. The van der Waals surface area contributed by atoms with Crippen molar-refractivity contribution in [2.75, 3.05) is 13.6 Å². The summed E-state index contributed by atoms with van der Waals surface area (Å²) in [5.74, 6) is 0. The standard InChI is InChI=1S/C18H21N/c1-4-12-19(3)14-16-8-10-17(11-9-16)18-7-5-6-15(2)13-18/h4-11,13H,1,12,14H2,2-3H3. The fraction of sp³-hybridized carbons (Fsp3) is 0.222. The lowest BCUT2D eigenvalue weighted by atomic mass is 10.0. The van der Waals surface area contributed by atoms with Crippen molar-refractivity contribution in [2.45, 2.75) is 13.5 Å². The predicted molar refractivity (Wildman–Crippen MR) is 83.1 cm³/mol. The van der Waals surface area contributed by atoms with Gasteiger partial charge in [-0.2, -0.15) is 0 Å². The maximum absolute atomic E-state index is 3.76. The predicted octanol–water partition coefficient (Wildman–Crippen LogP) is 4.28. The topological polar surface area (TPSA) is 3.24 Å². The summed E-state index contributed by atoms with van der Waals surface area (Å²) in [6.07, 6.45) is 1.93. The second kappa shape index (κ2) is 6.35. The maximum Gasteiger partial charge on any atom is 0.0233 e. The van der Waals surface area contributed by atoms with Gasteiger partial charge in [-0.1, -0.05) is 60.2 Å². The molecule has 1 nitrogen and oxygen atoms in total. The Morgan fingerprint density at radius 1 is 1.05 bits per heavy atom. The molecule has 0 aliphatic heterocycles. The summed E-state index contributed by atoms with van der Waals surface area (Å²) in [5.41, 5.74) is 5.19. The molecule has 98 valence electrons. The molecule has 0 atom stereocenters. The highest BCUT2D eigenvalue weighted by atomic mass is 15.1. The van der Waals surface area contributed by atoms with E-state index in [9.17, 15) is 0 Å². The molecule has 0 bridgehead atoms. The third-order valence-electron chi connectivity index (χ3n) is 3.20. The minimum absolute atomic E-state index is 0.916. The summed E-state index contributed by atoms with van der Waals surface area (Å²) in [4.78, 5) is 2.24. The smallest absolute Gasteiger partial charge is 0.0233 e. The third kappa shape index (κ3) is 3.80. The van der Waals surface area contributed by atoms with Crippen LogP contribution in [0.5, 0.6) is 0 Å². The van der Waals surface area contributed by atoms with Gasteiger partial charge < -0.3 is 0 Å². The molecule has 0 saturated carbocycles. The highest BCUT2D eigenvalue weighted by Crippen LogP contribution is 2.21. The number of likely N-dealkylation sites (N-methyl/N-ethyl adjacent to an activating group) is 1. The van der Waals surface area contributed by atoms with E-state index in [-0.39, 0.29) is 0 Å². The van der Waals surface area contributed by atoms with E-state index >= 15 is 0 Å². The van der Waals surface area contributed by atoms with Crippen LogP contribution in [-0.2, 0) is 6.54 Å². The quantitative estimate of drug-likeness (QED) is 0.717. The zero-order chi connectivity index (χ0) is 13.7. The van der Waals surface area contributed by atoms with Gasteiger partial charge in [0, 0.05) is 13.1 Å².